The number of carboxylic acids is 1. The Morgan fingerprint density at radius 3 is 2.15 bits per heavy atom. The number of hydrogen-bond donors (Lipinski definition) is 2. The molecule has 0 rings (SSSR count). The van der Waals surface area contributed by atoms with Crippen molar-refractivity contribution in [2.75, 3.05) is 0 Å². The Morgan fingerprint density at radius 2 is 1.85 bits per heavy atom. The van der Waals surface area contributed by atoms with Crippen molar-refractivity contribution in [2.24, 2.45) is 11.7 Å². The molecule has 0 aromatic heterocycles. The number of rotatable bonds is 4. The van der Waals surface area contributed by atoms with E-state index in [0.29, 0.717) is 0 Å². The lowest BCUT2D eigenvalue weighted by atomic mass is 9.97. The topological polar surface area (TPSA) is 89.6 Å². The molecular weight excluding hydrogens is 174 g/mol. The van der Waals surface area contributed by atoms with Gasteiger partial charge >= 0.3 is 11.9 Å². The molecule has 0 aliphatic heterocycles. The first-order valence-electron chi connectivity index (χ1n) is 4.02. The van der Waals surface area contributed by atoms with E-state index in [4.69, 9.17) is 15.6 Å². The molecule has 0 aliphatic carbocycles. The van der Waals surface area contributed by atoms with Crippen LogP contribution in [0.2, 0.25) is 0 Å². The van der Waals surface area contributed by atoms with Gasteiger partial charge in [0.15, 0.2) is 0 Å². The molecule has 76 valence electrons. The van der Waals surface area contributed by atoms with Crippen LogP contribution in [0.4, 0.5) is 0 Å². The predicted octanol–water partition coefficient (Wildman–Crippen LogP) is -0.0140. The van der Waals surface area contributed by atoms with Crippen molar-refractivity contribution < 1.29 is 19.4 Å². The van der Waals surface area contributed by atoms with Gasteiger partial charge in [0.25, 0.3) is 0 Å². The summed E-state index contributed by atoms with van der Waals surface area (Å²) in [6.45, 7) is 4.52. The zero-order valence-corrected chi connectivity index (χ0v) is 7.98. The van der Waals surface area contributed by atoms with E-state index in [2.05, 4.69) is 0 Å². The number of carbonyl (C=O) groups excluding carboxylic acids is 1. The fourth-order valence-corrected chi connectivity index (χ4v) is 0.886. The minimum atomic E-state index is -1.09. The number of hydrogen-bond acceptors (Lipinski definition) is 4. The van der Waals surface area contributed by atoms with Gasteiger partial charge in [-0.1, -0.05) is 6.92 Å². The number of carbonyl (C=O) groups is 2. The van der Waals surface area contributed by atoms with Crippen molar-refractivity contribution in [3.63, 3.8) is 0 Å². The van der Waals surface area contributed by atoms with E-state index in [1.165, 1.54) is 6.92 Å². The molecule has 0 fully saturated rings. The van der Waals surface area contributed by atoms with Crippen LogP contribution in [0.5, 0.6) is 0 Å². The van der Waals surface area contributed by atoms with Gasteiger partial charge in [0.05, 0.1) is 0 Å². The minimum absolute atomic E-state index is 0.401. The number of nitrogens with two attached hydrogens (primary N) is 1. The monoisotopic (exact) mass is 189 g/mol. The second kappa shape index (κ2) is 4.81. The molecular formula is C8H15NO4. The Morgan fingerprint density at radius 1 is 1.38 bits per heavy atom. The highest BCUT2D eigenvalue weighted by Gasteiger charge is 2.26. The van der Waals surface area contributed by atoms with Crippen LogP contribution < -0.4 is 5.73 Å². The fourth-order valence-electron chi connectivity index (χ4n) is 0.886. The summed E-state index contributed by atoms with van der Waals surface area (Å²) in [5.41, 5.74) is 5.35. The van der Waals surface area contributed by atoms with E-state index in [9.17, 15) is 9.59 Å². The molecule has 5 nitrogen and oxygen atoms in total. The lowest BCUT2D eigenvalue weighted by Gasteiger charge is -2.22. The maximum absolute atomic E-state index is 10.5. The maximum Gasteiger partial charge on any atom is 0.320 e. The van der Waals surface area contributed by atoms with Crippen LogP contribution in [0.3, 0.4) is 0 Å². The van der Waals surface area contributed by atoms with Crippen molar-refractivity contribution in [3.05, 3.63) is 0 Å². The van der Waals surface area contributed by atoms with Gasteiger partial charge in [0.1, 0.15) is 12.1 Å². The highest BCUT2D eigenvalue weighted by molar-refractivity contribution is 5.73. The molecule has 0 spiro atoms. The van der Waals surface area contributed by atoms with Crippen molar-refractivity contribution in [1.29, 1.82) is 0 Å². The number of carboxylic acid groups (broad SMARTS) is 1. The molecule has 0 aliphatic rings. The molecule has 0 amide bonds. The van der Waals surface area contributed by atoms with E-state index < -0.39 is 30.0 Å². The van der Waals surface area contributed by atoms with Crippen LogP contribution in [0.1, 0.15) is 20.8 Å². The molecule has 0 radical (unpaired) electrons. The molecule has 3 N–H and O–H groups in total. The quantitative estimate of drug-likeness (QED) is 0.607. The minimum Gasteiger partial charge on any atom is -0.480 e. The summed E-state index contributed by atoms with van der Waals surface area (Å²) in [7, 11) is 0. The lowest BCUT2D eigenvalue weighted by molar-refractivity contribution is -0.151. The highest BCUT2D eigenvalue weighted by Crippen LogP contribution is 2.10. The summed E-state index contributed by atoms with van der Waals surface area (Å²) in [4.78, 5) is 21.0. The van der Waals surface area contributed by atoms with E-state index in [-0.39, 0.29) is 0 Å². The van der Waals surface area contributed by atoms with E-state index in [1.54, 1.807) is 13.8 Å². The molecule has 0 saturated heterocycles. The second-order valence-electron chi connectivity index (χ2n) is 3.04. The van der Waals surface area contributed by atoms with Crippen LogP contribution in [0.15, 0.2) is 0 Å². The van der Waals surface area contributed by atoms with Gasteiger partial charge in [-0.2, -0.15) is 0 Å². The van der Waals surface area contributed by atoms with E-state index in [0.717, 1.165) is 0 Å². The van der Waals surface area contributed by atoms with Crippen molar-refractivity contribution in [1.82, 2.24) is 0 Å². The third-order valence-corrected chi connectivity index (χ3v) is 1.94. The Balaban J connectivity index is 4.16. The molecule has 13 heavy (non-hydrogen) atoms. The summed E-state index contributed by atoms with van der Waals surface area (Å²) in [6.07, 6.45) is -0.483. The summed E-state index contributed by atoms with van der Waals surface area (Å²) in [5.74, 6) is -1.93. The van der Waals surface area contributed by atoms with Crippen LogP contribution in [0.25, 0.3) is 0 Å². The molecule has 0 bridgehead atoms. The van der Waals surface area contributed by atoms with Gasteiger partial charge in [-0.3, -0.25) is 9.59 Å². The van der Waals surface area contributed by atoms with Crippen LogP contribution >= 0.6 is 0 Å². The Hall–Kier alpha value is -1.10. The fraction of sp³-hybridized carbons (Fsp3) is 0.750. The van der Waals surface area contributed by atoms with Gasteiger partial charge in [-0.25, -0.2) is 0 Å². The zero-order valence-electron chi connectivity index (χ0n) is 7.98. The average molecular weight is 189 g/mol. The summed E-state index contributed by atoms with van der Waals surface area (Å²) in [5, 5.41) is 8.57. The summed E-state index contributed by atoms with van der Waals surface area (Å²) < 4.78 is 4.80. The summed E-state index contributed by atoms with van der Waals surface area (Å²) in [6, 6.07) is -1.01. The van der Waals surface area contributed by atoms with Gasteiger partial charge in [0, 0.05) is 12.8 Å². The van der Waals surface area contributed by atoms with Crippen molar-refractivity contribution in [3.8, 4) is 0 Å². The smallest absolute Gasteiger partial charge is 0.320 e. The Kier molecular flexibility index (Phi) is 4.40. The first-order valence-corrected chi connectivity index (χ1v) is 4.02. The largest absolute Gasteiger partial charge is 0.480 e. The van der Waals surface area contributed by atoms with E-state index in [1.807, 2.05) is 0 Å². The Bertz CT molecular complexity index is 204. The zero-order chi connectivity index (χ0) is 10.6. The molecule has 0 aromatic rings. The summed E-state index contributed by atoms with van der Waals surface area (Å²) >= 11 is 0. The van der Waals surface area contributed by atoms with Gasteiger partial charge in [-0.15, -0.1) is 0 Å². The highest BCUT2D eigenvalue weighted by atomic mass is 16.5. The van der Waals surface area contributed by atoms with Crippen LogP contribution in [-0.4, -0.2) is 29.2 Å². The number of esters is 1. The third kappa shape index (κ3) is 3.89. The van der Waals surface area contributed by atoms with Gasteiger partial charge in [-0.05, 0) is 6.92 Å². The second-order valence-corrected chi connectivity index (χ2v) is 3.04. The molecule has 3 atom stereocenters. The standard InChI is InChI=1S/C8H15NO4/c1-4(7(9)8(11)12)5(2)13-6(3)10/h4-5,7H,9H2,1-3H3,(H,11,12)/t4-,5-,7-/m0/s1. The van der Waals surface area contributed by atoms with Crippen LogP contribution in [0, 0.1) is 5.92 Å². The molecule has 5 heteroatoms. The van der Waals surface area contributed by atoms with Gasteiger partial charge in [0.2, 0.25) is 0 Å². The third-order valence-electron chi connectivity index (χ3n) is 1.94. The number of ether oxygens (including phenoxy) is 1. The first kappa shape index (κ1) is 11.9. The number of aliphatic carboxylic acids is 1. The average Bonchev–Trinajstić information content (AvgIpc) is 2.00. The van der Waals surface area contributed by atoms with Crippen molar-refractivity contribution >= 4 is 11.9 Å². The normalized spacial score (nSPS) is 17.2. The molecule has 0 heterocycles. The predicted molar refractivity (Wildman–Crippen MR) is 46.0 cm³/mol. The first-order chi connectivity index (χ1) is 5.86. The van der Waals surface area contributed by atoms with Crippen LogP contribution in [-0.2, 0) is 14.3 Å². The SMILES string of the molecule is CC(=O)O[C@@H](C)[C@H](C)[C@H](N)C(=O)O. The van der Waals surface area contributed by atoms with Crippen molar-refractivity contribution in [2.45, 2.75) is 32.9 Å². The maximum atomic E-state index is 10.5. The van der Waals surface area contributed by atoms with Gasteiger partial charge < -0.3 is 15.6 Å². The lowest BCUT2D eigenvalue weighted by Crippen LogP contribution is -2.42. The Labute approximate surface area is 76.9 Å². The van der Waals surface area contributed by atoms with E-state index >= 15 is 0 Å². The molecule has 0 aromatic carbocycles. The molecule has 0 saturated carbocycles. The molecule has 0 unspecified atom stereocenters.